The Morgan fingerprint density at radius 1 is 1.36 bits per heavy atom. The number of hydrogen-bond acceptors (Lipinski definition) is 3. The second kappa shape index (κ2) is 6.95. The lowest BCUT2D eigenvalue weighted by atomic mass is 10.3. The van der Waals surface area contributed by atoms with Crippen molar-refractivity contribution in [3.8, 4) is 0 Å². The molecule has 3 N–H and O–H groups in total. The van der Waals surface area contributed by atoms with Crippen LogP contribution in [0.3, 0.4) is 0 Å². The van der Waals surface area contributed by atoms with Crippen LogP contribution in [0.4, 0.5) is 0 Å². The molecule has 0 amide bonds. The van der Waals surface area contributed by atoms with Crippen molar-refractivity contribution >= 4 is 11.8 Å². The number of aliphatic hydroxyl groups is 1. The molecule has 0 saturated carbocycles. The fourth-order valence-electron chi connectivity index (χ4n) is 0.758. The molecule has 0 aliphatic rings. The fraction of sp³-hybridized carbons (Fsp3) is 1.00. The molecule has 2 nitrogen and oxygen atoms in total. The van der Waals surface area contributed by atoms with Crippen molar-refractivity contribution in [1.82, 2.24) is 0 Å². The van der Waals surface area contributed by atoms with E-state index in [1.165, 1.54) is 0 Å². The van der Waals surface area contributed by atoms with Gasteiger partial charge in [0, 0.05) is 5.25 Å². The van der Waals surface area contributed by atoms with Gasteiger partial charge in [0.1, 0.15) is 0 Å². The monoisotopic (exact) mass is 177 g/mol. The van der Waals surface area contributed by atoms with Crippen molar-refractivity contribution in [3.63, 3.8) is 0 Å². The first-order valence-corrected chi connectivity index (χ1v) is 5.21. The molecule has 0 spiro atoms. The van der Waals surface area contributed by atoms with Crippen LogP contribution in [0, 0.1) is 0 Å². The summed E-state index contributed by atoms with van der Waals surface area (Å²) in [5, 5.41) is 9.59. The lowest BCUT2D eigenvalue weighted by Crippen LogP contribution is -2.09. The molecule has 0 aromatic carbocycles. The predicted molar refractivity (Wildman–Crippen MR) is 51.9 cm³/mol. The highest BCUT2D eigenvalue weighted by molar-refractivity contribution is 7.99. The predicted octanol–water partition coefficient (Wildman–Crippen LogP) is 1.23. The molecule has 0 fully saturated rings. The molecule has 0 aromatic heterocycles. The van der Waals surface area contributed by atoms with Gasteiger partial charge in [0.15, 0.2) is 0 Å². The molecule has 0 aromatic rings. The Bertz CT molecular complexity index is 88.2. The van der Waals surface area contributed by atoms with Gasteiger partial charge in [-0.05, 0) is 32.1 Å². The highest BCUT2D eigenvalue weighted by Gasteiger charge is 2.01. The minimum atomic E-state index is -0.160. The van der Waals surface area contributed by atoms with Crippen LogP contribution in [0.1, 0.15) is 26.7 Å². The van der Waals surface area contributed by atoms with Crippen LogP contribution in [0.15, 0.2) is 0 Å². The van der Waals surface area contributed by atoms with Gasteiger partial charge >= 0.3 is 0 Å². The summed E-state index contributed by atoms with van der Waals surface area (Å²) >= 11 is 1.89. The normalized spacial score (nSPS) is 16.4. The van der Waals surface area contributed by atoms with Crippen LogP contribution >= 0.6 is 11.8 Å². The van der Waals surface area contributed by atoms with Gasteiger partial charge < -0.3 is 10.8 Å². The van der Waals surface area contributed by atoms with E-state index in [1.54, 1.807) is 0 Å². The van der Waals surface area contributed by atoms with E-state index in [4.69, 9.17) is 10.8 Å². The van der Waals surface area contributed by atoms with Gasteiger partial charge in [-0.3, -0.25) is 0 Å². The zero-order valence-electron chi connectivity index (χ0n) is 7.42. The van der Waals surface area contributed by atoms with Gasteiger partial charge in [0.2, 0.25) is 0 Å². The third-order valence-electron chi connectivity index (χ3n) is 1.51. The van der Waals surface area contributed by atoms with Crippen molar-refractivity contribution in [3.05, 3.63) is 0 Å². The van der Waals surface area contributed by atoms with Gasteiger partial charge in [-0.25, -0.2) is 0 Å². The largest absolute Gasteiger partial charge is 0.393 e. The summed E-state index contributed by atoms with van der Waals surface area (Å²) in [6, 6.07) is 0. The summed E-state index contributed by atoms with van der Waals surface area (Å²) in [4.78, 5) is 0. The molecular formula is C8H19NOS. The summed E-state index contributed by atoms with van der Waals surface area (Å²) in [7, 11) is 0. The summed E-state index contributed by atoms with van der Waals surface area (Å²) in [5.41, 5.74) is 5.40. The van der Waals surface area contributed by atoms with Crippen LogP contribution in [-0.2, 0) is 0 Å². The third kappa shape index (κ3) is 8.17. The Hall–Kier alpha value is 0.270. The van der Waals surface area contributed by atoms with Gasteiger partial charge in [0.25, 0.3) is 0 Å². The summed E-state index contributed by atoms with van der Waals surface area (Å²) in [6.45, 7) is 4.77. The second-order valence-corrected chi connectivity index (χ2v) is 4.44. The molecule has 0 heterocycles. The molecule has 0 aliphatic carbocycles. The minimum Gasteiger partial charge on any atom is -0.393 e. The zero-order chi connectivity index (χ0) is 8.69. The van der Waals surface area contributed by atoms with E-state index in [2.05, 4.69) is 6.92 Å². The van der Waals surface area contributed by atoms with Crippen LogP contribution in [0.5, 0.6) is 0 Å². The van der Waals surface area contributed by atoms with Crippen LogP contribution in [-0.4, -0.2) is 28.8 Å². The Labute approximate surface area is 73.6 Å². The smallest absolute Gasteiger partial charge is 0.0520 e. The molecule has 0 saturated heterocycles. The maximum Gasteiger partial charge on any atom is 0.0520 e. The summed E-state index contributed by atoms with van der Waals surface area (Å²) < 4.78 is 0. The molecule has 0 radical (unpaired) electrons. The quantitative estimate of drug-likeness (QED) is 0.641. The average molecular weight is 177 g/mol. The van der Waals surface area contributed by atoms with Crippen molar-refractivity contribution in [1.29, 1.82) is 0 Å². The topological polar surface area (TPSA) is 46.2 Å². The van der Waals surface area contributed by atoms with Crippen LogP contribution < -0.4 is 5.73 Å². The van der Waals surface area contributed by atoms with Crippen molar-refractivity contribution in [2.75, 3.05) is 12.3 Å². The number of nitrogens with two attached hydrogens (primary N) is 1. The first-order chi connectivity index (χ1) is 5.16. The SMILES string of the molecule is CC(O)CCSC(C)CCN. The zero-order valence-corrected chi connectivity index (χ0v) is 8.23. The lowest BCUT2D eigenvalue weighted by molar-refractivity contribution is 0.192. The van der Waals surface area contributed by atoms with E-state index in [0.29, 0.717) is 5.25 Å². The number of rotatable bonds is 6. The van der Waals surface area contributed by atoms with Gasteiger partial charge in [-0.2, -0.15) is 11.8 Å². The Kier molecular flexibility index (Phi) is 7.12. The second-order valence-electron chi connectivity index (χ2n) is 2.90. The highest BCUT2D eigenvalue weighted by atomic mass is 32.2. The van der Waals surface area contributed by atoms with Gasteiger partial charge in [-0.15, -0.1) is 0 Å². The van der Waals surface area contributed by atoms with E-state index in [0.717, 1.165) is 25.1 Å². The standard InChI is InChI=1S/C8H19NOS/c1-7(10)4-6-11-8(2)3-5-9/h7-8,10H,3-6,9H2,1-2H3. The van der Waals surface area contributed by atoms with Crippen LogP contribution in [0.2, 0.25) is 0 Å². The Morgan fingerprint density at radius 3 is 2.45 bits per heavy atom. The molecule has 11 heavy (non-hydrogen) atoms. The Balaban J connectivity index is 3.10. The van der Waals surface area contributed by atoms with E-state index in [1.807, 2.05) is 18.7 Å². The molecule has 3 heteroatoms. The number of thioether (sulfide) groups is 1. The molecule has 2 unspecified atom stereocenters. The van der Waals surface area contributed by atoms with Gasteiger partial charge in [0.05, 0.1) is 6.10 Å². The lowest BCUT2D eigenvalue weighted by Gasteiger charge is -2.09. The molecular weight excluding hydrogens is 158 g/mol. The molecule has 0 rings (SSSR count). The van der Waals surface area contributed by atoms with Crippen molar-refractivity contribution < 1.29 is 5.11 Å². The minimum absolute atomic E-state index is 0.160. The maximum absolute atomic E-state index is 8.96. The molecule has 68 valence electrons. The third-order valence-corrected chi connectivity index (χ3v) is 2.79. The molecule has 2 atom stereocenters. The first kappa shape index (κ1) is 11.3. The van der Waals surface area contributed by atoms with E-state index in [9.17, 15) is 0 Å². The highest BCUT2D eigenvalue weighted by Crippen LogP contribution is 2.14. The van der Waals surface area contributed by atoms with Crippen molar-refractivity contribution in [2.45, 2.75) is 38.0 Å². The van der Waals surface area contributed by atoms with E-state index >= 15 is 0 Å². The summed E-state index contributed by atoms with van der Waals surface area (Å²) in [6.07, 6.45) is 1.80. The number of aliphatic hydroxyl groups excluding tert-OH is 1. The average Bonchev–Trinajstić information content (AvgIpc) is 1.87. The van der Waals surface area contributed by atoms with E-state index in [-0.39, 0.29) is 6.10 Å². The van der Waals surface area contributed by atoms with Crippen molar-refractivity contribution in [2.24, 2.45) is 5.73 Å². The van der Waals surface area contributed by atoms with Crippen LogP contribution in [0.25, 0.3) is 0 Å². The molecule has 0 bridgehead atoms. The summed E-state index contributed by atoms with van der Waals surface area (Å²) in [5.74, 6) is 1.04. The maximum atomic E-state index is 8.96. The number of hydrogen-bond donors (Lipinski definition) is 2. The Morgan fingerprint density at radius 2 is 2.00 bits per heavy atom. The van der Waals surface area contributed by atoms with E-state index < -0.39 is 0 Å². The van der Waals surface area contributed by atoms with Gasteiger partial charge in [-0.1, -0.05) is 6.92 Å². The first-order valence-electron chi connectivity index (χ1n) is 4.16. The fourth-order valence-corrected chi connectivity index (χ4v) is 1.94. The molecule has 0 aliphatic heterocycles.